The van der Waals surface area contributed by atoms with Gasteiger partial charge in [0, 0.05) is 18.4 Å². The SMILES string of the molecule is CCCCCCCC(=O)N=Nc1c(O)n(CC(C)C)c2ccc(C)cc12. The van der Waals surface area contributed by atoms with Gasteiger partial charge in [0.25, 0.3) is 5.91 Å². The highest BCUT2D eigenvalue weighted by molar-refractivity contribution is 5.95. The van der Waals surface area contributed by atoms with Crippen molar-refractivity contribution in [3.63, 3.8) is 0 Å². The van der Waals surface area contributed by atoms with Crippen LogP contribution >= 0.6 is 0 Å². The number of carbonyl (C=O) groups is 1. The van der Waals surface area contributed by atoms with Gasteiger partial charge in [-0.3, -0.25) is 4.79 Å². The van der Waals surface area contributed by atoms with Gasteiger partial charge >= 0.3 is 0 Å². The maximum absolute atomic E-state index is 12.0. The van der Waals surface area contributed by atoms with E-state index in [9.17, 15) is 9.90 Å². The average Bonchev–Trinajstić information content (AvgIpc) is 2.83. The van der Waals surface area contributed by atoms with Crippen LogP contribution in [0.2, 0.25) is 0 Å². The number of hydrogen-bond donors (Lipinski definition) is 1. The lowest BCUT2D eigenvalue weighted by Crippen LogP contribution is -2.03. The molecule has 5 heteroatoms. The molecule has 0 aliphatic rings. The Kier molecular flexibility index (Phi) is 7.37. The fourth-order valence-electron chi connectivity index (χ4n) is 3.12. The Hall–Kier alpha value is -2.17. The average molecular weight is 357 g/mol. The van der Waals surface area contributed by atoms with Crippen LogP contribution in [0.1, 0.15) is 64.9 Å². The molecule has 26 heavy (non-hydrogen) atoms. The third-order valence-corrected chi connectivity index (χ3v) is 4.47. The molecule has 0 radical (unpaired) electrons. The number of aromatic hydroxyl groups is 1. The van der Waals surface area contributed by atoms with Crippen molar-refractivity contribution in [2.45, 2.75) is 72.8 Å². The van der Waals surface area contributed by atoms with Gasteiger partial charge in [-0.1, -0.05) is 58.1 Å². The van der Waals surface area contributed by atoms with Crippen LogP contribution in [0, 0.1) is 12.8 Å². The number of nitrogens with zero attached hydrogens (tertiary/aromatic N) is 3. The van der Waals surface area contributed by atoms with Gasteiger partial charge in [0.05, 0.1) is 5.52 Å². The van der Waals surface area contributed by atoms with Crippen LogP contribution in [-0.2, 0) is 11.3 Å². The second kappa shape index (κ2) is 9.51. The van der Waals surface area contributed by atoms with Crippen molar-refractivity contribution in [2.24, 2.45) is 16.1 Å². The molecule has 0 bridgehead atoms. The quantitative estimate of drug-likeness (QED) is 0.424. The summed E-state index contributed by atoms with van der Waals surface area (Å²) >= 11 is 0. The molecule has 2 rings (SSSR count). The van der Waals surface area contributed by atoms with E-state index in [4.69, 9.17) is 0 Å². The highest BCUT2D eigenvalue weighted by Gasteiger charge is 2.17. The minimum atomic E-state index is -0.224. The summed E-state index contributed by atoms with van der Waals surface area (Å²) in [5, 5.41) is 19.5. The largest absolute Gasteiger partial charge is 0.493 e. The molecule has 0 fully saturated rings. The molecule has 1 N–H and O–H groups in total. The number of azo groups is 1. The Balaban J connectivity index is 2.19. The molecule has 1 heterocycles. The molecule has 142 valence electrons. The topological polar surface area (TPSA) is 66.9 Å². The number of aryl methyl sites for hydroxylation is 1. The lowest BCUT2D eigenvalue weighted by atomic mass is 10.1. The second-order valence-corrected chi connectivity index (χ2v) is 7.46. The molecule has 1 amide bonds. The van der Waals surface area contributed by atoms with Crippen molar-refractivity contribution in [3.05, 3.63) is 23.8 Å². The van der Waals surface area contributed by atoms with Crippen LogP contribution in [0.15, 0.2) is 28.4 Å². The van der Waals surface area contributed by atoms with E-state index in [-0.39, 0.29) is 11.8 Å². The van der Waals surface area contributed by atoms with E-state index in [2.05, 4.69) is 31.0 Å². The predicted molar refractivity (Wildman–Crippen MR) is 106 cm³/mol. The van der Waals surface area contributed by atoms with E-state index in [0.717, 1.165) is 35.7 Å². The van der Waals surface area contributed by atoms with E-state index in [1.165, 1.54) is 12.8 Å². The maximum atomic E-state index is 12.0. The van der Waals surface area contributed by atoms with E-state index >= 15 is 0 Å². The Morgan fingerprint density at radius 1 is 1.19 bits per heavy atom. The fraction of sp³-hybridized carbons (Fsp3) is 0.571. The van der Waals surface area contributed by atoms with Gasteiger partial charge in [-0.05, 0) is 31.4 Å². The van der Waals surface area contributed by atoms with E-state index < -0.39 is 0 Å². The summed E-state index contributed by atoms with van der Waals surface area (Å²) in [4.78, 5) is 12.0. The van der Waals surface area contributed by atoms with Gasteiger partial charge in [0.15, 0.2) is 5.69 Å². The molecule has 0 spiro atoms. The highest BCUT2D eigenvalue weighted by atomic mass is 16.3. The summed E-state index contributed by atoms with van der Waals surface area (Å²) < 4.78 is 1.85. The number of carbonyl (C=O) groups excluding carboxylic acids is 1. The van der Waals surface area contributed by atoms with Crippen molar-refractivity contribution >= 4 is 22.5 Å². The molecule has 0 unspecified atom stereocenters. The lowest BCUT2D eigenvalue weighted by molar-refractivity contribution is -0.118. The molecule has 2 aromatic rings. The summed E-state index contributed by atoms with van der Waals surface area (Å²) in [6, 6.07) is 5.98. The zero-order valence-electron chi connectivity index (χ0n) is 16.5. The Bertz CT molecular complexity index is 775. The first-order valence-corrected chi connectivity index (χ1v) is 9.70. The van der Waals surface area contributed by atoms with Crippen molar-refractivity contribution in [1.82, 2.24) is 4.57 Å². The summed E-state index contributed by atoms with van der Waals surface area (Å²) in [6.45, 7) is 9.06. The van der Waals surface area contributed by atoms with Crippen LogP contribution in [-0.4, -0.2) is 15.6 Å². The zero-order valence-corrected chi connectivity index (χ0v) is 16.5. The third-order valence-electron chi connectivity index (χ3n) is 4.47. The Labute approximate surface area is 156 Å². The summed E-state index contributed by atoms with van der Waals surface area (Å²) in [5.41, 5.74) is 2.39. The molecule has 1 aromatic heterocycles. The number of benzene rings is 1. The van der Waals surface area contributed by atoms with Gasteiger partial charge in [-0.2, -0.15) is 0 Å². The molecule has 0 aliphatic carbocycles. The summed E-state index contributed by atoms with van der Waals surface area (Å²) in [6.07, 6.45) is 5.86. The molecular weight excluding hydrogens is 326 g/mol. The highest BCUT2D eigenvalue weighted by Crippen LogP contribution is 2.39. The zero-order chi connectivity index (χ0) is 19.1. The van der Waals surface area contributed by atoms with E-state index in [0.29, 0.717) is 24.6 Å². The molecule has 0 aliphatic heterocycles. The molecule has 0 atom stereocenters. The van der Waals surface area contributed by atoms with Crippen LogP contribution in [0.25, 0.3) is 10.9 Å². The minimum absolute atomic E-state index is 0.0822. The number of amides is 1. The van der Waals surface area contributed by atoms with E-state index in [1.54, 1.807) is 0 Å². The third kappa shape index (κ3) is 5.16. The van der Waals surface area contributed by atoms with Crippen molar-refractivity contribution in [2.75, 3.05) is 0 Å². The van der Waals surface area contributed by atoms with Crippen LogP contribution in [0.5, 0.6) is 5.88 Å². The maximum Gasteiger partial charge on any atom is 0.264 e. The van der Waals surface area contributed by atoms with Crippen LogP contribution in [0.3, 0.4) is 0 Å². The van der Waals surface area contributed by atoms with Crippen LogP contribution in [0.4, 0.5) is 5.69 Å². The fourth-order valence-corrected chi connectivity index (χ4v) is 3.12. The van der Waals surface area contributed by atoms with E-state index in [1.807, 2.05) is 29.7 Å². The summed E-state index contributed by atoms with van der Waals surface area (Å²) in [7, 11) is 0. The molecular formula is C21H31N3O2. The monoisotopic (exact) mass is 357 g/mol. The van der Waals surface area contributed by atoms with Gasteiger partial charge in [-0.15, -0.1) is 10.2 Å². The molecule has 0 saturated carbocycles. The number of fused-ring (bicyclic) bond motifs is 1. The number of aromatic nitrogens is 1. The minimum Gasteiger partial charge on any atom is -0.493 e. The van der Waals surface area contributed by atoms with Crippen molar-refractivity contribution in [3.8, 4) is 5.88 Å². The molecule has 5 nitrogen and oxygen atoms in total. The molecule has 0 saturated heterocycles. The normalized spacial score (nSPS) is 11.9. The first-order chi connectivity index (χ1) is 12.4. The van der Waals surface area contributed by atoms with Gasteiger partial charge < -0.3 is 9.67 Å². The van der Waals surface area contributed by atoms with Crippen LogP contribution < -0.4 is 0 Å². The van der Waals surface area contributed by atoms with Crippen molar-refractivity contribution in [1.29, 1.82) is 0 Å². The first-order valence-electron chi connectivity index (χ1n) is 9.70. The summed E-state index contributed by atoms with van der Waals surface area (Å²) in [5.74, 6) is 0.240. The first kappa shape index (κ1) is 20.1. The second-order valence-electron chi connectivity index (χ2n) is 7.46. The van der Waals surface area contributed by atoms with Gasteiger partial charge in [0.1, 0.15) is 0 Å². The number of unbranched alkanes of at least 4 members (excludes halogenated alkanes) is 4. The standard InChI is InChI=1S/C21H31N3O2/c1-5-6-7-8-9-10-19(25)22-23-20-17-13-16(4)11-12-18(17)24(21(20)26)14-15(2)3/h11-13,15,26H,5-10,14H2,1-4H3. The number of rotatable bonds is 9. The Morgan fingerprint density at radius 3 is 2.62 bits per heavy atom. The lowest BCUT2D eigenvalue weighted by Gasteiger charge is -2.09. The molecule has 1 aromatic carbocycles. The number of hydrogen-bond acceptors (Lipinski definition) is 3. The Morgan fingerprint density at radius 2 is 1.92 bits per heavy atom. The van der Waals surface area contributed by atoms with Gasteiger partial charge in [-0.25, -0.2) is 0 Å². The van der Waals surface area contributed by atoms with Crippen molar-refractivity contribution < 1.29 is 9.90 Å². The smallest absolute Gasteiger partial charge is 0.264 e. The predicted octanol–water partition coefficient (Wildman–Crippen LogP) is 6.28. The van der Waals surface area contributed by atoms with Gasteiger partial charge in [0.2, 0.25) is 5.88 Å².